The van der Waals surface area contributed by atoms with E-state index >= 15 is 0 Å². The monoisotopic (exact) mass is 229 g/mol. The predicted molar refractivity (Wildman–Crippen MR) is 52.3 cm³/mol. The van der Waals surface area contributed by atoms with Crippen LogP contribution in [0.25, 0.3) is 0 Å². The fraction of sp³-hybridized carbons (Fsp3) is 1.00. The molecule has 0 fully saturated rings. The maximum absolute atomic E-state index is 11.1. The summed E-state index contributed by atoms with van der Waals surface area (Å²) in [4.78, 5) is 0. The minimum Gasteiger partial charge on any atom is -0.319 e. The van der Waals surface area contributed by atoms with E-state index in [4.69, 9.17) is 0 Å². The lowest BCUT2D eigenvalue weighted by Crippen LogP contribution is -2.24. The van der Waals surface area contributed by atoms with Gasteiger partial charge in [0.05, 0.1) is 17.3 Å². The summed E-state index contributed by atoms with van der Waals surface area (Å²) < 4.78 is 43.6. The van der Waals surface area contributed by atoms with Crippen LogP contribution in [0.15, 0.2) is 0 Å². The molecule has 0 saturated carbocycles. The van der Waals surface area contributed by atoms with E-state index in [-0.39, 0.29) is 17.3 Å². The Balaban J connectivity index is 4.05. The topological polar surface area (TPSA) is 80.3 Å². The van der Waals surface area contributed by atoms with Gasteiger partial charge in [-0.15, -0.1) is 0 Å². The molecule has 0 aliphatic rings. The van der Waals surface area contributed by atoms with Gasteiger partial charge in [0.2, 0.25) is 0 Å². The Morgan fingerprint density at radius 3 is 1.92 bits per heavy atom. The second-order valence-electron chi connectivity index (χ2n) is 2.89. The van der Waals surface area contributed by atoms with Crippen molar-refractivity contribution in [2.24, 2.45) is 0 Å². The Kier molecular flexibility index (Phi) is 4.87. The van der Waals surface area contributed by atoms with Crippen molar-refractivity contribution < 1.29 is 16.8 Å². The van der Waals surface area contributed by atoms with E-state index in [1.54, 1.807) is 7.05 Å². The summed E-state index contributed by atoms with van der Waals surface area (Å²) in [6.45, 7) is 0.353. The summed E-state index contributed by atoms with van der Waals surface area (Å²) >= 11 is 0. The van der Waals surface area contributed by atoms with E-state index in [2.05, 4.69) is 5.32 Å². The quantitative estimate of drug-likeness (QED) is 0.610. The summed E-state index contributed by atoms with van der Waals surface area (Å²) in [5.41, 5.74) is 0. The second kappa shape index (κ2) is 4.92. The van der Waals surface area contributed by atoms with Crippen LogP contribution < -0.4 is 5.32 Å². The van der Waals surface area contributed by atoms with Crippen molar-refractivity contribution in [1.82, 2.24) is 5.32 Å². The number of hydrogen-bond donors (Lipinski definition) is 1. The molecule has 0 bridgehead atoms. The van der Waals surface area contributed by atoms with Crippen LogP contribution in [0.5, 0.6) is 0 Å². The van der Waals surface area contributed by atoms with E-state index < -0.39 is 19.7 Å². The predicted octanol–water partition coefficient (Wildman–Crippen LogP) is -1.33. The van der Waals surface area contributed by atoms with Crippen LogP contribution in [-0.4, -0.2) is 53.9 Å². The molecule has 0 radical (unpaired) electrons. The molecule has 7 heteroatoms. The van der Waals surface area contributed by atoms with Gasteiger partial charge in [0.1, 0.15) is 9.84 Å². The van der Waals surface area contributed by atoms with Crippen LogP contribution in [0, 0.1) is 0 Å². The smallest absolute Gasteiger partial charge is 0.152 e. The van der Waals surface area contributed by atoms with Crippen molar-refractivity contribution in [3.63, 3.8) is 0 Å². The van der Waals surface area contributed by atoms with Gasteiger partial charge in [-0.1, -0.05) is 0 Å². The lowest BCUT2D eigenvalue weighted by molar-refractivity contribution is 0.588. The normalized spacial score (nSPS) is 13.1. The highest BCUT2D eigenvalue weighted by molar-refractivity contribution is 7.94. The van der Waals surface area contributed by atoms with Crippen LogP contribution in [0.4, 0.5) is 0 Å². The SMILES string of the molecule is CNCCS(=O)(=O)CCS(C)(=O)=O. The van der Waals surface area contributed by atoms with Crippen LogP contribution in [0.3, 0.4) is 0 Å². The standard InChI is InChI=1S/C6H15NO4S2/c1-7-3-4-13(10,11)6-5-12(2,8)9/h7H,3-6H2,1-2H3. The molecule has 0 aromatic rings. The van der Waals surface area contributed by atoms with Crippen LogP contribution in [0.1, 0.15) is 0 Å². The maximum atomic E-state index is 11.1. The highest BCUT2D eigenvalue weighted by atomic mass is 32.2. The van der Waals surface area contributed by atoms with Crippen molar-refractivity contribution in [1.29, 1.82) is 0 Å². The third-order valence-corrected chi connectivity index (χ3v) is 4.28. The minimum absolute atomic E-state index is 0.0149. The molecule has 0 saturated heterocycles. The minimum atomic E-state index is -3.22. The van der Waals surface area contributed by atoms with Gasteiger partial charge in [0.15, 0.2) is 9.84 Å². The molecular weight excluding hydrogens is 214 g/mol. The third kappa shape index (κ3) is 8.20. The van der Waals surface area contributed by atoms with E-state index in [1.807, 2.05) is 0 Å². The van der Waals surface area contributed by atoms with Crippen molar-refractivity contribution in [2.45, 2.75) is 0 Å². The van der Waals surface area contributed by atoms with Gasteiger partial charge < -0.3 is 5.32 Å². The summed E-state index contributed by atoms with van der Waals surface area (Å²) in [6.07, 6.45) is 1.03. The number of sulfone groups is 2. The van der Waals surface area contributed by atoms with Crippen molar-refractivity contribution in [2.75, 3.05) is 37.1 Å². The zero-order valence-electron chi connectivity index (χ0n) is 7.78. The number of nitrogens with one attached hydrogen (secondary N) is 1. The second-order valence-corrected chi connectivity index (χ2v) is 7.45. The molecular formula is C6H15NO4S2. The molecule has 0 rings (SSSR count). The van der Waals surface area contributed by atoms with Gasteiger partial charge in [-0.25, -0.2) is 16.8 Å². The van der Waals surface area contributed by atoms with Gasteiger partial charge in [-0.05, 0) is 7.05 Å². The van der Waals surface area contributed by atoms with Gasteiger partial charge in [-0.3, -0.25) is 0 Å². The van der Waals surface area contributed by atoms with Gasteiger partial charge in [0.25, 0.3) is 0 Å². The van der Waals surface area contributed by atoms with Gasteiger partial charge in [0, 0.05) is 12.8 Å². The first kappa shape index (κ1) is 12.9. The average molecular weight is 229 g/mol. The molecule has 0 atom stereocenters. The Bertz CT molecular complexity index is 330. The fourth-order valence-electron chi connectivity index (χ4n) is 0.638. The molecule has 13 heavy (non-hydrogen) atoms. The van der Waals surface area contributed by atoms with E-state index in [0.29, 0.717) is 6.54 Å². The van der Waals surface area contributed by atoms with Gasteiger partial charge >= 0.3 is 0 Å². The Morgan fingerprint density at radius 1 is 1.00 bits per heavy atom. The molecule has 1 N–H and O–H groups in total. The summed E-state index contributed by atoms with van der Waals surface area (Å²) in [7, 11) is -4.76. The molecule has 0 heterocycles. The zero-order valence-corrected chi connectivity index (χ0v) is 9.41. The molecule has 0 amide bonds. The van der Waals surface area contributed by atoms with Crippen LogP contribution in [0.2, 0.25) is 0 Å². The van der Waals surface area contributed by atoms with Crippen molar-refractivity contribution in [3.8, 4) is 0 Å². The van der Waals surface area contributed by atoms with Crippen molar-refractivity contribution >= 4 is 19.7 Å². The Morgan fingerprint density at radius 2 is 1.54 bits per heavy atom. The molecule has 0 aromatic heterocycles. The largest absolute Gasteiger partial charge is 0.319 e. The molecule has 0 spiro atoms. The summed E-state index contributed by atoms with van der Waals surface area (Å²) in [5.74, 6) is -0.592. The zero-order chi connectivity index (χ0) is 10.5. The lowest BCUT2D eigenvalue weighted by atomic mass is 10.8. The molecule has 5 nitrogen and oxygen atoms in total. The van der Waals surface area contributed by atoms with E-state index in [9.17, 15) is 16.8 Å². The van der Waals surface area contributed by atoms with E-state index in [1.165, 1.54) is 0 Å². The maximum Gasteiger partial charge on any atom is 0.152 e. The number of hydrogen-bond acceptors (Lipinski definition) is 5. The molecule has 0 aromatic carbocycles. The van der Waals surface area contributed by atoms with Gasteiger partial charge in [-0.2, -0.15) is 0 Å². The van der Waals surface area contributed by atoms with E-state index in [0.717, 1.165) is 6.26 Å². The highest BCUT2D eigenvalue weighted by Gasteiger charge is 2.13. The summed E-state index contributed by atoms with van der Waals surface area (Å²) in [5, 5.41) is 2.69. The molecule has 0 unspecified atom stereocenters. The molecule has 80 valence electrons. The third-order valence-electron chi connectivity index (χ3n) is 1.43. The van der Waals surface area contributed by atoms with Crippen LogP contribution >= 0.6 is 0 Å². The molecule has 0 aliphatic heterocycles. The number of rotatable bonds is 6. The first-order chi connectivity index (χ1) is 5.77. The Hall–Kier alpha value is -0.140. The summed E-state index contributed by atoms with van der Waals surface area (Å²) in [6, 6.07) is 0. The average Bonchev–Trinajstić information content (AvgIpc) is 1.97. The fourth-order valence-corrected chi connectivity index (χ4v) is 3.58. The van der Waals surface area contributed by atoms with Crippen LogP contribution in [-0.2, 0) is 19.7 Å². The molecule has 0 aliphatic carbocycles. The lowest BCUT2D eigenvalue weighted by Gasteiger charge is -2.02. The first-order valence-corrected chi connectivity index (χ1v) is 7.68. The Labute approximate surface area is 79.4 Å². The van der Waals surface area contributed by atoms with Crippen molar-refractivity contribution in [3.05, 3.63) is 0 Å². The first-order valence-electron chi connectivity index (χ1n) is 3.79. The highest BCUT2D eigenvalue weighted by Crippen LogP contribution is 1.92.